The molecule has 0 fully saturated rings. The summed E-state index contributed by atoms with van der Waals surface area (Å²) >= 11 is 0. The van der Waals surface area contributed by atoms with Gasteiger partial charge in [-0.15, -0.1) is 0 Å². The summed E-state index contributed by atoms with van der Waals surface area (Å²) in [6.45, 7) is 0. The van der Waals surface area contributed by atoms with Gasteiger partial charge in [0.05, 0.1) is 0 Å². The number of aromatic nitrogens is 1. The van der Waals surface area contributed by atoms with Crippen molar-refractivity contribution in [3.8, 4) is 11.1 Å². The molecule has 2 nitrogen and oxygen atoms in total. The Kier molecular flexibility index (Phi) is 3.13. The lowest BCUT2D eigenvalue weighted by Gasteiger charge is -2.08. The van der Waals surface area contributed by atoms with Crippen LogP contribution >= 0.6 is 0 Å². The first kappa shape index (κ1) is 13.3. The van der Waals surface area contributed by atoms with Crippen LogP contribution in [0, 0.1) is 11.6 Å². The standard InChI is InChI=1S/C12H6F5NO/c13-9-3-1-2-7(10(9)14)6-4-8(12(15,16)17)11(19)18-5-6/h1-5H,(H,18,19). The second kappa shape index (κ2) is 4.49. The van der Waals surface area contributed by atoms with E-state index in [0.717, 1.165) is 24.4 Å². The van der Waals surface area contributed by atoms with E-state index < -0.39 is 28.9 Å². The van der Waals surface area contributed by atoms with Gasteiger partial charge in [-0.1, -0.05) is 12.1 Å². The van der Waals surface area contributed by atoms with Gasteiger partial charge in [0.2, 0.25) is 0 Å². The molecule has 0 aliphatic rings. The van der Waals surface area contributed by atoms with Gasteiger partial charge in [0.15, 0.2) is 11.6 Å². The highest BCUT2D eigenvalue weighted by atomic mass is 19.4. The second-order valence-corrected chi connectivity index (χ2v) is 3.73. The average Bonchev–Trinajstić information content (AvgIpc) is 2.32. The van der Waals surface area contributed by atoms with Gasteiger partial charge >= 0.3 is 6.18 Å². The number of nitrogens with one attached hydrogen (secondary N) is 1. The van der Waals surface area contributed by atoms with Crippen LogP contribution in [0.3, 0.4) is 0 Å². The molecule has 1 heterocycles. The molecule has 0 radical (unpaired) electrons. The van der Waals surface area contributed by atoms with Crippen molar-refractivity contribution in [2.24, 2.45) is 0 Å². The quantitative estimate of drug-likeness (QED) is 0.795. The van der Waals surface area contributed by atoms with E-state index in [0.29, 0.717) is 6.07 Å². The summed E-state index contributed by atoms with van der Waals surface area (Å²) in [6.07, 6.45) is -3.97. The molecule has 2 aromatic rings. The predicted molar refractivity (Wildman–Crippen MR) is 57.4 cm³/mol. The van der Waals surface area contributed by atoms with E-state index in [9.17, 15) is 26.7 Å². The summed E-state index contributed by atoms with van der Waals surface area (Å²) in [7, 11) is 0. The fraction of sp³-hybridized carbons (Fsp3) is 0.0833. The predicted octanol–water partition coefficient (Wildman–Crippen LogP) is 3.34. The molecule has 0 atom stereocenters. The van der Waals surface area contributed by atoms with Gasteiger partial charge in [-0.2, -0.15) is 13.2 Å². The van der Waals surface area contributed by atoms with Crippen molar-refractivity contribution in [1.29, 1.82) is 0 Å². The minimum Gasteiger partial charge on any atom is -0.328 e. The number of hydrogen-bond donors (Lipinski definition) is 1. The Balaban J connectivity index is 2.65. The SMILES string of the molecule is O=c1[nH]cc(-c2cccc(F)c2F)cc1C(F)(F)F. The third-order valence-corrected chi connectivity index (χ3v) is 2.47. The summed E-state index contributed by atoms with van der Waals surface area (Å²) in [5.74, 6) is -2.46. The molecule has 100 valence electrons. The van der Waals surface area contributed by atoms with Crippen LogP contribution in [0.5, 0.6) is 0 Å². The van der Waals surface area contributed by atoms with Crippen LogP contribution in [-0.4, -0.2) is 4.98 Å². The molecule has 1 N–H and O–H groups in total. The Morgan fingerprint density at radius 3 is 2.42 bits per heavy atom. The molecule has 7 heteroatoms. The highest BCUT2D eigenvalue weighted by Gasteiger charge is 2.34. The zero-order valence-corrected chi connectivity index (χ0v) is 9.18. The van der Waals surface area contributed by atoms with E-state index in [-0.39, 0.29) is 11.1 Å². The van der Waals surface area contributed by atoms with Gasteiger partial charge in [0.1, 0.15) is 5.56 Å². The van der Waals surface area contributed by atoms with E-state index in [1.165, 1.54) is 0 Å². The molecule has 2 rings (SSSR count). The Morgan fingerprint density at radius 1 is 1.11 bits per heavy atom. The first-order chi connectivity index (χ1) is 8.80. The molecule has 0 aliphatic carbocycles. The summed E-state index contributed by atoms with van der Waals surface area (Å²) in [4.78, 5) is 12.9. The fourth-order valence-corrected chi connectivity index (χ4v) is 1.58. The maximum atomic E-state index is 13.5. The fourth-order valence-electron chi connectivity index (χ4n) is 1.58. The number of benzene rings is 1. The second-order valence-electron chi connectivity index (χ2n) is 3.73. The number of H-pyrrole nitrogens is 1. The van der Waals surface area contributed by atoms with Gasteiger partial charge < -0.3 is 4.98 Å². The molecular formula is C12H6F5NO. The van der Waals surface area contributed by atoms with Crippen molar-refractivity contribution in [1.82, 2.24) is 4.98 Å². The molecule has 1 aromatic heterocycles. The number of rotatable bonds is 1. The maximum absolute atomic E-state index is 13.5. The summed E-state index contributed by atoms with van der Waals surface area (Å²) in [5.41, 5.74) is -3.42. The van der Waals surface area contributed by atoms with Crippen molar-refractivity contribution in [2.45, 2.75) is 6.18 Å². The molecule has 19 heavy (non-hydrogen) atoms. The van der Waals surface area contributed by atoms with Crippen molar-refractivity contribution < 1.29 is 22.0 Å². The van der Waals surface area contributed by atoms with Gasteiger partial charge in [0.25, 0.3) is 5.56 Å². The highest BCUT2D eigenvalue weighted by molar-refractivity contribution is 5.64. The zero-order valence-electron chi connectivity index (χ0n) is 9.18. The minimum absolute atomic E-state index is 0.260. The van der Waals surface area contributed by atoms with Crippen LogP contribution in [0.4, 0.5) is 22.0 Å². The monoisotopic (exact) mass is 275 g/mol. The molecule has 0 unspecified atom stereocenters. The van der Waals surface area contributed by atoms with E-state index in [1.54, 1.807) is 0 Å². The van der Waals surface area contributed by atoms with Crippen LogP contribution in [-0.2, 0) is 6.18 Å². The largest absolute Gasteiger partial charge is 0.421 e. The zero-order chi connectivity index (χ0) is 14.2. The smallest absolute Gasteiger partial charge is 0.328 e. The van der Waals surface area contributed by atoms with E-state index in [2.05, 4.69) is 0 Å². The van der Waals surface area contributed by atoms with Crippen LogP contribution in [0.1, 0.15) is 5.56 Å². The molecule has 0 saturated carbocycles. The molecule has 0 aliphatic heterocycles. The van der Waals surface area contributed by atoms with Gasteiger partial charge in [-0.05, 0) is 12.1 Å². The maximum Gasteiger partial charge on any atom is 0.421 e. The van der Waals surface area contributed by atoms with Gasteiger partial charge in [0, 0.05) is 17.3 Å². The van der Waals surface area contributed by atoms with Crippen molar-refractivity contribution in [3.63, 3.8) is 0 Å². The molecule has 0 spiro atoms. The van der Waals surface area contributed by atoms with Crippen LogP contribution in [0.2, 0.25) is 0 Å². The Labute approximate surface area is 103 Å². The molecule has 1 aromatic carbocycles. The third-order valence-electron chi connectivity index (χ3n) is 2.47. The van der Waals surface area contributed by atoms with E-state index in [4.69, 9.17) is 0 Å². The first-order valence-electron chi connectivity index (χ1n) is 5.05. The van der Waals surface area contributed by atoms with Crippen LogP contribution in [0.15, 0.2) is 35.3 Å². The lowest BCUT2D eigenvalue weighted by molar-refractivity contribution is -0.138. The molecule has 0 bridgehead atoms. The number of hydrogen-bond acceptors (Lipinski definition) is 1. The Bertz CT molecular complexity index is 675. The Morgan fingerprint density at radius 2 is 1.79 bits per heavy atom. The minimum atomic E-state index is -4.87. The lowest BCUT2D eigenvalue weighted by atomic mass is 10.0. The third kappa shape index (κ3) is 2.49. The van der Waals surface area contributed by atoms with Crippen molar-refractivity contribution in [3.05, 3.63) is 58.0 Å². The van der Waals surface area contributed by atoms with Gasteiger partial charge in [-0.3, -0.25) is 4.79 Å². The van der Waals surface area contributed by atoms with Crippen LogP contribution in [0.25, 0.3) is 11.1 Å². The topological polar surface area (TPSA) is 32.9 Å². The van der Waals surface area contributed by atoms with E-state index in [1.807, 2.05) is 4.98 Å². The van der Waals surface area contributed by atoms with Gasteiger partial charge in [-0.25, -0.2) is 8.78 Å². The number of aromatic amines is 1. The van der Waals surface area contributed by atoms with Crippen LogP contribution < -0.4 is 5.56 Å². The number of pyridine rings is 1. The molecule has 0 saturated heterocycles. The number of alkyl halides is 3. The summed E-state index contributed by atoms with van der Waals surface area (Å²) in [5, 5.41) is 0. The average molecular weight is 275 g/mol. The highest BCUT2D eigenvalue weighted by Crippen LogP contribution is 2.30. The Hall–Kier alpha value is -2.18. The molecular weight excluding hydrogens is 269 g/mol. The summed E-state index contributed by atoms with van der Waals surface area (Å²) in [6, 6.07) is 3.60. The normalized spacial score (nSPS) is 11.6. The van der Waals surface area contributed by atoms with E-state index >= 15 is 0 Å². The molecule has 0 amide bonds. The van der Waals surface area contributed by atoms with Crippen molar-refractivity contribution >= 4 is 0 Å². The summed E-state index contributed by atoms with van der Waals surface area (Å²) < 4.78 is 64.1. The number of halogens is 5. The van der Waals surface area contributed by atoms with Crippen molar-refractivity contribution in [2.75, 3.05) is 0 Å². The lowest BCUT2D eigenvalue weighted by Crippen LogP contribution is -2.21. The first-order valence-corrected chi connectivity index (χ1v) is 5.05.